The first-order valence-electron chi connectivity index (χ1n) is 6.24. The predicted octanol–water partition coefficient (Wildman–Crippen LogP) is 1.86. The molecule has 2 heteroatoms. The van der Waals surface area contributed by atoms with E-state index in [0.29, 0.717) is 5.41 Å². The molecule has 0 radical (unpaired) electrons. The van der Waals surface area contributed by atoms with Crippen LogP contribution in [0.15, 0.2) is 0 Å². The van der Waals surface area contributed by atoms with Crippen LogP contribution < -0.4 is 5.32 Å². The van der Waals surface area contributed by atoms with Crippen molar-refractivity contribution in [2.24, 2.45) is 5.41 Å². The Balaban J connectivity index is 1.82. The van der Waals surface area contributed by atoms with Gasteiger partial charge >= 0.3 is 0 Å². The van der Waals surface area contributed by atoms with Crippen LogP contribution in [0.1, 0.15) is 39.5 Å². The molecule has 0 amide bonds. The number of hydrogen-bond donors (Lipinski definition) is 1. The number of nitrogens with zero attached hydrogens (tertiary/aromatic N) is 1. The van der Waals surface area contributed by atoms with E-state index in [9.17, 15) is 0 Å². The molecule has 0 unspecified atom stereocenters. The molecular formula is C12H24N2. The molecule has 0 saturated carbocycles. The number of nitrogens with one attached hydrogen (secondary N) is 1. The van der Waals surface area contributed by atoms with Crippen LogP contribution in [0.3, 0.4) is 0 Å². The zero-order valence-corrected chi connectivity index (χ0v) is 9.68. The lowest BCUT2D eigenvalue weighted by Gasteiger charge is -2.49. The maximum absolute atomic E-state index is 3.43. The first-order chi connectivity index (χ1) is 6.79. The molecule has 14 heavy (non-hydrogen) atoms. The van der Waals surface area contributed by atoms with Gasteiger partial charge in [-0.15, -0.1) is 0 Å². The van der Waals surface area contributed by atoms with E-state index < -0.39 is 0 Å². The van der Waals surface area contributed by atoms with Gasteiger partial charge in [-0.1, -0.05) is 13.8 Å². The van der Waals surface area contributed by atoms with Gasteiger partial charge in [0.25, 0.3) is 0 Å². The molecule has 0 atom stereocenters. The summed E-state index contributed by atoms with van der Waals surface area (Å²) >= 11 is 0. The molecule has 2 nitrogen and oxygen atoms in total. The van der Waals surface area contributed by atoms with Crippen molar-refractivity contribution >= 4 is 0 Å². The van der Waals surface area contributed by atoms with Gasteiger partial charge in [-0.05, 0) is 44.2 Å². The summed E-state index contributed by atoms with van der Waals surface area (Å²) in [6.07, 6.45) is 5.50. The minimum absolute atomic E-state index is 0.711. The summed E-state index contributed by atoms with van der Waals surface area (Å²) in [4.78, 5) is 2.71. The van der Waals surface area contributed by atoms with Crippen molar-refractivity contribution in [1.29, 1.82) is 0 Å². The summed E-state index contributed by atoms with van der Waals surface area (Å²) in [5.74, 6) is 0. The molecule has 2 aliphatic heterocycles. The molecule has 1 spiro atoms. The van der Waals surface area contributed by atoms with E-state index >= 15 is 0 Å². The van der Waals surface area contributed by atoms with Crippen LogP contribution in [0.2, 0.25) is 0 Å². The fourth-order valence-corrected chi connectivity index (χ4v) is 3.00. The van der Waals surface area contributed by atoms with Crippen molar-refractivity contribution < 1.29 is 0 Å². The minimum Gasteiger partial charge on any atom is -0.316 e. The number of hydrogen-bond acceptors (Lipinski definition) is 2. The molecule has 2 saturated heterocycles. The Kier molecular flexibility index (Phi) is 3.13. The largest absolute Gasteiger partial charge is 0.316 e. The van der Waals surface area contributed by atoms with Crippen molar-refractivity contribution in [2.45, 2.75) is 45.6 Å². The first kappa shape index (κ1) is 10.4. The lowest BCUT2D eigenvalue weighted by Crippen LogP contribution is -2.59. The lowest BCUT2D eigenvalue weighted by atomic mass is 9.73. The van der Waals surface area contributed by atoms with Gasteiger partial charge in [0.15, 0.2) is 0 Å². The highest BCUT2D eigenvalue weighted by molar-refractivity contribution is 4.96. The zero-order valence-electron chi connectivity index (χ0n) is 9.68. The van der Waals surface area contributed by atoms with Crippen molar-refractivity contribution in [1.82, 2.24) is 10.2 Å². The molecule has 0 bridgehead atoms. The standard InChI is InChI=1S/C12H24N2/c1-3-11(4-2)14-7-5-12(6-8-14)9-13-10-12/h11,13H,3-10H2,1-2H3. The summed E-state index contributed by atoms with van der Waals surface area (Å²) in [5, 5.41) is 3.43. The number of likely N-dealkylation sites (tertiary alicyclic amines) is 1. The highest BCUT2D eigenvalue weighted by Crippen LogP contribution is 2.35. The Labute approximate surface area is 88.1 Å². The normalized spacial score (nSPS) is 26.8. The topological polar surface area (TPSA) is 15.3 Å². The average Bonchev–Trinajstić information content (AvgIpc) is 2.18. The Morgan fingerprint density at radius 2 is 1.71 bits per heavy atom. The monoisotopic (exact) mass is 196 g/mol. The Morgan fingerprint density at radius 1 is 1.14 bits per heavy atom. The molecule has 1 N–H and O–H groups in total. The average molecular weight is 196 g/mol. The molecule has 0 aliphatic carbocycles. The Hall–Kier alpha value is -0.0800. The van der Waals surface area contributed by atoms with Crippen molar-refractivity contribution in [2.75, 3.05) is 26.2 Å². The van der Waals surface area contributed by atoms with E-state index in [2.05, 4.69) is 24.1 Å². The van der Waals surface area contributed by atoms with E-state index in [4.69, 9.17) is 0 Å². The minimum atomic E-state index is 0.711. The van der Waals surface area contributed by atoms with Gasteiger partial charge in [0.2, 0.25) is 0 Å². The highest BCUT2D eigenvalue weighted by atomic mass is 15.2. The molecular weight excluding hydrogens is 172 g/mol. The van der Waals surface area contributed by atoms with Crippen LogP contribution in [0.25, 0.3) is 0 Å². The van der Waals surface area contributed by atoms with E-state index in [1.54, 1.807) is 0 Å². The highest BCUT2D eigenvalue weighted by Gasteiger charge is 2.40. The summed E-state index contributed by atoms with van der Waals surface area (Å²) in [5.41, 5.74) is 0.711. The zero-order chi connectivity index (χ0) is 10.0. The molecule has 0 aromatic carbocycles. The van der Waals surface area contributed by atoms with Gasteiger partial charge in [0.05, 0.1) is 0 Å². The fourth-order valence-electron chi connectivity index (χ4n) is 3.00. The maximum Gasteiger partial charge on any atom is 0.00900 e. The van der Waals surface area contributed by atoms with Crippen molar-refractivity contribution in [3.63, 3.8) is 0 Å². The number of rotatable bonds is 3. The summed E-state index contributed by atoms with van der Waals surface area (Å²) < 4.78 is 0. The molecule has 2 rings (SSSR count). The van der Waals surface area contributed by atoms with Crippen LogP contribution in [0.4, 0.5) is 0 Å². The van der Waals surface area contributed by atoms with Crippen LogP contribution >= 0.6 is 0 Å². The molecule has 0 aromatic rings. The van der Waals surface area contributed by atoms with E-state index in [-0.39, 0.29) is 0 Å². The second kappa shape index (κ2) is 4.19. The van der Waals surface area contributed by atoms with Gasteiger partial charge < -0.3 is 10.2 Å². The predicted molar refractivity (Wildman–Crippen MR) is 60.5 cm³/mol. The maximum atomic E-state index is 3.43. The Morgan fingerprint density at radius 3 is 2.07 bits per heavy atom. The van der Waals surface area contributed by atoms with Gasteiger partial charge in [0.1, 0.15) is 0 Å². The van der Waals surface area contributed by atoms with E-state index in [0.717, 1.165) is 6.04 Å². The second-order valence-corrected chi connectivity index (χ2v) is 5.11. The van der Waals surface area contributed by atoms with E-state index in [1.807, 2.05) is 0 Å². The van der Waals surface area contributed by atoms with Crippen LogP contribution in [-0.2, 0) is 0 Å². The molecule has 2 fully saturated rings. The first-order valence-corrected chi connectivity index (χ1v) is 6.24. The lowest BCUT2D eigenvalue weighted by molar-refractivity contribution is 0.0328. The third-order valence-corrected chi connectivity index (χ3v) is 4.32. The van der Waals surface area contributed by atoms with Crippen molar-refractivity contribution in [3.05, 3.63) is 0 Å². The Bertz CT molecular complexity index is 173. The van der Waals surface area contributed by atoms with E-state index in [1.165, 1.54) is 51.9 Å². The van der Waals surface area contributed by atoms with Crippen LogP contribution in [-0.4, -0.2) is 37.1 Å². The van der Waals surface area contributed by atoms with Gasteiger partial charge in [0, 0.05) is 19.1 Å². The van der Waals surface area contributed by atoms with Gasteiger partial charge in [-0.2, -0.15) is 0 Å². The van der Waals surface area contributed by atoms with Crippen molar-refractivity contribution in [3.8, 4) is 0 Å². The van der Waals surface area contributed by atoms with Crippen LogP contribution in [0.5, 0.6) is 0 Å². The molecule has 82 valence electrons. The second-order valence-electron chi connectivity index (χ2n) is 5.11. The number of piperidine rings is 1. The quantitative estimate of drug-likeness (QED) is 0.741. The van der Waals surface area contributed by atoms with Crippen LogP contribution in [0, 0.1) is 5.41 Å². The third-order valence-electron chi connectivity index (χ3n) is 4.32. The summed E-state index contributed by atoms with van der Waals surface area (Å²) in [6, 6.07) is 0.848. The SMILES string of the molecule is CCC(CC)N1CCC2(CC1)CNC2. The molecule has 2 aliphatic rings. The summed E-state index contributed by atoms with van der Waals surface area (Å²) in [7, 11) is 0. The molecule has 0 aromatic heterocycles. The molecule has 2 heterocycles. The fraction of sp³-hybridized carbons (Fsp3) is 1.00. The van der Waals surface area contributed by atoms with Gasteiger partial charge in [-0.25, -0.2) is 0 Å². The third kappa shape index (κ3) is 1.82. The summed E-state index contributed by atoms with van der Waals surface area (Å²) in [6.45, 7) is 9.89. The smallest absolute Gasteiger partial charge is 0.00900 e. The van der Waals surface area contributed by atoms with Gasteiger partial charge in [-0.3, -0.25) is 0 Å².